The van der Waals surface area contributed by atoms with Crippen LogP contribution in [0.4, 0.5) is 26.2 Å². The first-order valence-electron chi connectivity index (χ1n) is 8.95. The molecule has 2 aromatic rings. The average Bonchev–Trinajstić information content (AvgIpc) is 2.70. The number of hydrogen-bond donors (Lipinski definition) is 3. The molecule has 1 saturated heterocycles. The summed E-state index contributed by atoms with van der Waals surface area (Å²) in [5, 5.41) is 4.94. The summed E-state index contributed by atoms with van der Waals surface area (Å²) >= 11 is 0. The van der Waals surface area contributed by atoms with Crippen molar-refractivity contribution in [3.63, 3.8) is 0 Å². The number of aromatic nitrogens is 2. The largest absolute Gasteiger partial charge is 0.378 e. The van der Waals surface area contributed by atoms with Crippen molar-refractivity contribution >= 4 is 29.3 Å². The zero-order valence-corrected chi connectivity index (χ0v) is 15.1. The number of H-pyrrole nitrogens is 1. The van der Waals surface area contributed by atoms with Crippen molar-refractivity contribution in [3.8, 4) is 0 Å². The summed E-state index contributed by atoms with van der Waals surface area (Å²) in [5.41, 5.74) is -0.528. The molecule has 1 atom stereocenters. The molecule has 2 amide bonds. The summed E-state index contributed by atoms with van der Waals surface area (Å²) in [6, 6.07) is 2.88. The number of benzene rings is 1. The molecule has 0 saturated carbocycles. The molecule has 3 heterocycles. The molecule has 0 unspecified atom stereocenters. The molecule has 1 aromatic carbocycles. The maximum atomic E-state index is 13.4. The number of aromatic amines is 1. The summed E-state index contributed by atoms with van der Waals surface area (Å²) in [7, 11) is 0. The molecule has 2 aliphatic heterocycles. The van der Waals surface area contributed by atoms with Gasteiger partial charge in [0.05, 0.1) is 24.7 Å². The number of ether oxygens (including phenoxy) is 1. The Labute approximate surface area is 163 Å². The Hall–Kier alpha value is -3.34. The molecule has 2 aliphatic rings. The van der Waals surface area contributed by atoms with Crippen molar-refractivity contribution < 1.29 is 23.1 Å². The van der Waals surface area contributed by atoms with Crippen LogP contribution in [0.3, 0.4) is 0 Å². The molecule has 11 heteroatoms. The number of amides is 2. The first-order chi connectivity index (χ1) is 13.9. The van der Waals surface area contributed by atoms with E-state index >= 15 is 0 Å². The Morgan fingerprint density at radius 3 is 2.69 bits per heavy atom. The normalized spacial score (nSPS) is 18.8. The summed E-state index contributed by atoms with van der Waals surface area (Å²) in [5.74, 6) is -4.19. The van der Waals surface area contributed by atoms with Crippen molar-refractivity contribution in [2.24, 2.45) is 0 Å². The first kappa shape index (κ1) is 19.0. The molecule has 152 valence electrons. The van der Waals surface area contributed by atoms with Gasteiger partial charge in [-0.1, -0.05) is 0 Å². The Kier molecular flexibility index (Phi) is 4.97. The number of anilines is 3. The van der Waals surface area contributed by atoms with E-state index < -0.39 is 34.9 Å². The Morgan fingerprint density at radius 2 is 1.97 bits per heavy atom. The molecule has 29 heavy (non-hydrogen) atoms. The number of morpholine rings is 1. The van der Waals surface area contributed by atoms with Crippen LogP contribution in [-0.2, 0) is 14.3 Å². The maximum Gasteiger partial charge on any atom is 0.258 e. The van der Waals surface area contributed by atoms with E-state index in [1.807, 2.05) is 4.90 Å². The van der Waals surface area contributed by atoms with Gasteiger partial charge in [0, 0.05) is 31.3 Å². The van der Waals surface area contributed by atoms with Crippen LogP contribution in [0.1, 0.15) is 17.9 Å². The van der Waals surface area contributed by atoms with Crippen LogP contribution in [0.5, 0.6) is 0 Å². The summed E-state index contributed by atoms with van der Waals surface area (Å²) in [6.45, 7) is 2.00. The van der Waals surface area contributed by atoms with Gasteiger partial charge in [-0.3, -0.25) is 19.4 Å². The highest BCUT2D eigenvalue weighted by atomic mass is 19.2. The van der Waals surface area contributed by atoms with Gasteiger partial charge in [-0.25, -0.2) is 8.78 Å². The lowest BCUT2D eigenvalue weighted by atomic mass is 9.92. The third-order valence-corrected chi connectivity index (χ3v) is 4.75. The number of halogens is 2. The van der Waals surface area contributed by atoms with Gasteiger partial charge < -0.3 is 20.3 Å². The molecule has 3 N–H and O–H groups in total. The molecule has 1 aromatic heterocycles. The average molecular weight is 405 g/mol. The minimum atomic E-state index is -1.13. The number of carbonyl (C=O) groups excluding carboxylic acids is 2. The van der Waals surface area contributed by atoms with E-state index in [2.05, 4.69) is 20.6 Å². The molecular formula is C18H17F2N5O4. The van der Waals surface area contributed by atoms with E-state index in [9.17, 15) is 23.2 Å². The lowest BCUT2D eigenvalue weighted by Gasteiger charge is -2.29. The van der Waals surface area contributed by atoms with Crippen molar-refractivity contribution in [1.82, 2.24) is 9.97 Å². The SMILES string of the molecule is O=C1C[C@H](C(=O)Nc2ccc(F)c(F)c2)c2c(nc(N3CCOCC3)[nH]c2=O)N1. The smallest absolute Gasteiger partial charge is 0.258 e. The van der Waals surface area contributed by atoms with Gasteiger partial charge in [0.2, 0.25) is 17.8 Å². The fraction of sp³-hybridized carbons (Fsp3) is 0.333. The van der Waals surface area contributed by atoms with E-state index in [0.717, 1.165) is 12.1 Å². The summed E-state index contributed by atoms with van der Waals surface area (Å²) < 4.78 is 31.7. The third kappa shape index (κ3) is 3.81. The van der Waals surface area contributed by atoms with E-state index in [1.165, 1.54) is 6.07 Å². The van der Waals surface area contributed by atoms with Crippen LogP contribution in [0.2, 0.25) is 0 Å². The monoisotopic (exact) mass is 405 g/mol. The van der Waals surface area contributed by atoms with Crippen LogP contribution in [0.25, 0.3) is 0 Å². The number of hydrogen-bond acceptors (Lipinski definition) is 6. The van der Waals surface area contributed by atoms with E-state index in [1.54, 1.807) is 0 Å². The first-order valence-corrected chi connectivity index (χ1v) is 8.95. The zero-order chi connectivity index (χ0) is 20.5. The second kappa shape index (κ2) is 7.59. The Morgan fingerprint density at radius 1 is 1.21 bits per heavy atom. The Balaban J connectivity index is 1.64. The van der Waals surface area contributed by atoms with Gasteiger partial charge in [0.25, 0.3) is 5.56 Å². The number of rotatable bonds is 3. The molecule has 0 aliphatic carbocycles. The van der Waals surface area contributed by atoms with Crippen LogP contribution >= 0.6 is 0 Å². The second-order valence-corrected chi connectivity index (χ2v) is 6.67. The van der Waals surface area contributed by atoms with Crippen LogP contribution in [-0.4, -0.2) is 48.1 Å². The highest BCUT2D eigenvalue weighted by Gasteiger charge is 2.35. The highest BCUT2D eigenvalue weighted by molar-refractivity contribution is 6.04. The number of fused-ring (bicyclic) bond motifs is 1. The lowest BCUT2D eigenvalue weighted by Crippen LogP contribution is -2.41. The number of nitrogens with zero attached hydrogens (tertiary/aromatic N) is 2. The summed E-state index contributed by atoms with van der Waals surface area (Å²) in [4.78, 5) is 46.3. The van der Waals surface area contributed by atoms with Gasteiger partial charge in [0.15, 0.2) is 11.6 Å². The molecule has 4 rings (SSSR count). The summed E-state index contributed by atoms with van der Waals surface area (Å²) in [6.07, 6.45) is -0.274. The van der Waals surface area contributed by atoms with Crippen molar-refractivity contribution in [2.45, 2.75) is 12.3 Å². The van der Waals surface area contributed by atoms with Gasteiger partial charge >= 0.3 is 0 Å². The fourth-order valence-electron chi connectivity index (χ4n) is 3.31. The van der Waals surface area contributed by atoms with Gasteiger partial charge in [-0.2, -0.15) is 4.98 Å². The van der Waals surface area contributed by atoms with Crippen LogP contribution in [0.15, 0.2) is 23.0 Å². The molecule has 1 fully saturated rings. The standard InChI is InChI=1S/C18H17F2N5O4/c19-11-2-1-9(7-12(11)20)21-16(27)10-8-13(26)22-15-14(10)17(28)24-18(23-15)25-3-5-29-6-4-25/h1-2,7,10H,3-6,8H2,(H,21,27)(H2,22,23,24,26,28)/t10-/m0/s1. The fourth-order valence-corrected chi connectivity index (χ4v) is 3.31. The lowest BCUT2D eigenvalue weighted by molar-refractivity contribution is -0.123. The number of nitrogens with one attached hydrogen (secondary N) is 3. The number of carbonyl (C=O) groups is 2. The van der Waals surface area contributed by atoms with E-state index in [0.29, 0.717) is 26.3 Å². The van der Waals surface area contributed by atoms with Gasteiger partial charge in [0.1, 0.15) is 5.82 Å². The second-order valence-electron chi connectivity index (χ2n) is 6.67. The maximum absolute atomic E-state index is 13.4. The van der Waals surface area contributed by atoms with E-state index in [-0.39, 0.29) is 29.4 Å². The van der Waals surface area contributed by atoms with Crippen LogP contribution < -0.4 is 21.1 Å². The molecule has 0 bridgehead atoms. The minimum Gasteiger partial charge on any atom is -0.378 e. The highest BCUT2D eigenvalue weighted by Crippen LogP contribution is 2.30. The van der Waals surface area contributed by atoms with E-state index in [4.69, 9.17) is 4.74 Å². The topological polar surface area (TPSA) is 116 Å². The van der Waals surface area contributed by atoms with Crippen LogP contribution in [0, 0.1) is 11.6 Å². The van der Waals surface area contributed by atoms with Crippen molar-refractivity contribution in [3.05, 3.63) is 45.8 Å². The van der Waals surface area contributed by atoms with Gasteiger partial charge in [-0.15, -0.1) is 0 Å². The molecule has 0 radical (unpaired) electrons. The molecular weight excluding hydrogens is 388 g/mol. The predicted octanol–water partition coefficient (Wildman–Crippen LogP) is 0.949. The minimum absolute atomic E-state index is 0.00996. The molecule has 9 nitrogen and oxygen atoms in total. The predicted molar refractivity (Wildman–Crippen MR) is 98.9 cm³/mol. The quantitative estimate of drug-likeness (QED) is 0.700. The Bertz CT molecular complexity index is 1040. The zero-order valence-electron chi connectivity index (χ0n) is 15.1. The third-order valence-electron chi connectivity index (χ3n) is 4.75. The molecule has 0 spiro atoms. The van der Waals surface area contributed by atoms with Gasteiger partial charge in [-0.05, 0) is 12.1 Å². The van der Waals surface area contributed by atoms with Crippen molar-refractivity contribution in [2.75, 3.05) is 41.8 Å². The van der Waals surface area contributed by atoms with Crippen molar-refractivity contribution in [1.29, 1.82) is 0 Å².